The maximum atomic E-state index is 13.2. The largest absolute Gasteiger partial charge is 0.503 e. The number of fused-ring (bicyclic) bond motifs is 1. The van der Waals surface area contributed by atoms with Crippen molar-refractivity contribution >= 4 is 22.4 Å². The Morgan fingerprint density at radius 1 is 1.16 bits per heavy atom. The van der Waals surface area contributed by atoms with Gasteiger partial charge >= 0.3 is 0 Å². The average molecular weight is 433 g/mol. The van der Waals surface area contributed by atoms with Gasteiger partial charge in [-0.3, -0.25) is 4.68 Å². The molecule has 2 aromatic carbocycles. The molecule has 0 saturated carbocycles. The molecule has 164 valence electrons. The van der Waals surface area contributed by atoms with Crippen LogP contribution in [0.25, 0.3) is 22.4 Å². The predicted octanol–water partition coefficient (Wildman–Crippen LogP) is 4.98. The molecular weight excluding hydrogens is 407 g/mol. The monoisotopic (exact) mass is 432 g/mol. The minimum Gasteiger partial charge on any atom is -0.503 e. The van der Waals surface area contributed by atoms with Crippen LogP contribution in [0, 0.1) is 5.82 Å². The Balaban J connectivity index is 0.00000141. The van der Waals surface area contributed by atoms with Crippen LogP contribution in [0.3, 0.4) is 0 Å². The summed E-state index contributed by atoms with van der Waals surface area (Å²) in [5, 5.41) is 15.6. The van der Waals surface area contributed by atoms with Crippen molar-refractivity contribution in [3.05, 3.63) is 78.4 Å². The Morgan fingerprint density at radius 3 is 2.59 bits per heavy atom. The summed E-state index contributed by atoms with van der Waals surface area (Å²) in [5.41, 5.74) is 8.35. The summed E-state index contributed by atoms with van der Waals surface area (Å²) in [6.07, 6.45) is 4.27. The van der Waals surface area contributed by atoms with Gasteiger partial charge in [0.05, 0.1) is 18.3 Å². The quantitative estimate of drug-likeness (QED) is 0.433. The molecule has 7 nitrogen and oxygen atoms in total. The van der Waals surface area contributed by atoms with Gasteiger partial charge in [-0.25, -0.2) is 19.4 Å². The van der Waals surface area contributed by atoms with Gasteiger partial charge in [-0.15, -0.1) is 0 Å². The van der Waals surface area contributed by atoms with Crippen molar-refractivity contribution < 1.29 is 9.50 Å². The smallest absolute Gasteiger partial charge is 0.198 e. The lowest BCUT2D eigenvalue weighted by Gasteiger charge is -2.04. The molecule has 2 heterocycles. The van der Waals surface area contributed by atoms with Gasteiger partial charge in [-0.05, 0) is 43.0 Å². The van der Waals surface area contributed by atoms with Crippen molar-refractivity contribution in [2.45, 2.75) is 27.3 Å². The number of aromatic hydroxyl groups is 1. The number of benzene rings is 2. The van der Waals surface area contributed by atoms with Crippen LogP contribution in [0.5, 0.6) is 5.75 Å². The Morgan fingerprint density at radius 2 is 1.88 bits per heavy atom. The molecule has 0 saturated heterocycles. The molecule has 0 aliphatic carbocycles. The minimum absolute atomic E-state index is 0.132. The van der Waals surface area contributed by atoms with Crippen LogP contribution < -0.4 is 5.73 Å². The first-order chi connectivity index (χ1) is 15.5. The molecule has 0 fully saturated rings. The fourth-order valence-electron chi connectivity index (χ4n) is 3.08. The molecule has 32 heavy (non-hydrogen) atoms. The van der Waals surface area contributed by atoms with E-state index in [1.807, 2.05) is 42.8 Å². The molecule has 4 rings (SSSR count). The van der Waals surface area contributed by atoms with E-state index in [0.717, 1.165) is 16.5 Å². The SMILES string of the molecule is CC.CC(/C=C\N)=Nc1nc(-c2nn(Cc3ccc(F)cc3)c3ccccc23)ncc1O. The minimum atomic E-state index is -0.282. The number of para-hydroxylation sites is 1. The van der Waals surface area contributed by atoms with Gasteiger partial charge in [0.2, 0.25) is 0 Å². The number of allylic oxidation sites excluding steroid dienone is 1. The lowest BCUT2D eigenvalue weighted by molar-refractivity contribution is 0.471. The van der Waals surface area contributed by atoms with Crippen LogP contribution in [-0.2, 0) is 6.54 Å². The molecular formula is C24H25FN6O. The van der Waals surface area contributed by atoms with Crippen molar-refractivity contribution in [3.8, 4) is 17.3 Å². The van der Waals surface area contributed by atoms with Crippen LogP contribution in [0.2, 0.25) is 0 Å². The molecule has 0 atom stereocenters. The first kappa shape index (κ1) is 22.6. The molecule has 8 heteroatoms. The number of nitrogens with zero attached hydrogens (tertiary/aromatic N) is 5. The lowest BCUT2D eigenvalue weighted by atomic mass is 10.2. The van der Waals surface area contributed by atoms with Gasteiger partial charge < -0.3 is 10.8 Å². The fraction of sp³-hybridized carbons (Fsp3) is 0.167. The molecule has 4 aromatic rings. The maximum Gasteiger partial charge on any atom is 0.198 e. The highest BCUT2D eigenvalue weighted by Gasteiger charge is 2.16. The zero-order chi connectivity index (χ0) is 23.1. The summed E-state index contributed by atoms with van der Waals surface area (Å²) >= 11 is 0. The molecule has 0 aliphatic rings. The van der Waals surface area contributed by atoms with E-state index in [4.69, 9.17) is 10.8 Å². The Kier molecular flexibility index (Phi) is 7.28. The normalized spacial score (nSPS) is 11.6. The zero-order valence-electron chi connectivity index (χ0n) is 18.2. The van der Waals surface area contributed by atoms with Crippen molar-refractivity contribution in [1.82, 2.24) is 19.7 Å². The first-order valence-electron chi connectivity index (χ1n) is 10.2. The van der Waals surface area contributed by atoms with Gasteiger partial charge in [-0.1, -0.05) is 44.2 Å². The van der Waals surface area contributed by atoms with Crippen molar-refractivity contribution in [1.29, 1.82) is 0 Å². The van der Waals surface area contributed by atoms with Crippen LogP contribution >= 0.6 is 0 Å². The van der Waals surface area contributed by atoms with Crippen molar-refractivity contribution in [3.63, 3.8) is 0 Å². The highest BCUT2D eigenvalue weighted by atomic mass is 19.1. The van der Waals surface area contributed by atoms with Crippen molar-refractivity contribution in [2.75, 3.05) is 0 Å². The van der Waals surface area contributed by atoms with Crippen LogP contribution in [0.1, 0.15) is 26.3 Å². The molecule has 0 unspecified atom stereocenters. The van der Waals surface area contributed by atoms with Gasteiger partial charge in [0, 0.05) is 11.1 Å². The third-order valence-electron chi connectivity index (χ3n) is 4.49. The standard InChI is InChI=1S/C22H19FN6O.C2H6/c1-14(10-11-24)26-21-19(30)12-25-22(27-21)20-17-4-2-3-5-18(17)29(28-20)13-15-6-8-16(23)9-7-15;1-2/h2-12,30H,13,24H2,1H3;1-2H3/b11-10-,26-14?;. The Labute approximate surface area is 185 Å². The van der Waals surface area contributed by atoms with Crippen molar-refractivity contribution in [2.24, 2.45) is 10.7 Å². The number of hydrogen-bond donors (Lipinski definition) is 2. The van der Waals surface area contributed by atoms with Crippen LogP contribution in [-0.4, -0.2) is 30.6 Å². The second kappa shape index (κ2) is 10.3. The van der Waals surface area contributed by atoms with E-state index in [0.29, 0.717) is 23.8 Å². The molecule has 0 spiro atoms. The summed E-state index contributed by atoms with van der Waals surface area (Å²) < 4.78 is 15.1. The molecule has 0 amide bonds. The second-order valence-corrected chi connectivity index (χ2v) is 6.66. The third kappa shape index (κ3) is 4.97. The molecule has 3 N–H and O–H groups in total. The van der Waals surface area contributed by atoms with E-state index in [9.17, 15) is 9.50 Å². The summed E-state index contributed by atoms with van der Waals surface area (Å²) in [5.74, 6) is 0.0478. The summed E-state index contributed by atoms with van der Waals surface area (Å²) in [6.45, 7) is 6.21. The number of hydrogen-bond acceptors (Lipinski definition) is 6. The third-order valence-corrected chi connectivity index (χ3v) is 4.49. The highest BCUT2D eigenvalue weighted by molar-refractivity contribution is 5.95. The number of aromatic nitrogens is 4. The first-order valence-corrected chi connectivity index (χ1v) is 10.2. The molecule has 0 aliphatic heterocycles. The molecule has 0 bridgehead atoms. The van der Waals surface area contributed by atoms with E-state index in [1.165, 1.54) is 24.5 Å². The molecule has 2 aromatic heterocycles. The van der Waals surface area contributed by atoms with Crippen LogP contribution in [0.15, 0.2) is 72.0 Å². The summed E-state index contributed by atoms with van der Waals surface area (Å²) in [4.78, 5) is 12.9. The van der Waals surface area contributed by atoms with E-state index in [-0.39, 0.29) is 17.4 Å². The summed E-state index contributed by atoms with van der Waals surface area (Å²) in [6, 6.07) is 14.0. The summed E-state index contributed by atoms with van der Waals surface area (Å²) in [7, 11) is 0. The topological polar surface area (TPSA) is 102 Å². The van der Waals surface area contributed by atoms with E-state index in [1.54, 1.807) is 25.1 Å². The lowest BCUT2D eigenvalue weighted by Crippen LogP contribution is -2.02. The number of nitrogens with two attached hydrogens (primary N) is 1. The Bertz CT molecular complexity index is 1260. The van der Waals surface area contributed by atoms with E-state index in [2.05, 4.69) is 15.0 Å². The van der Waals surface area contributed by atoms with Crippen LogP contribution in [0.4, 0.5) is 10.2 Å². The van der Waals surface area contributed by atoms with E-state index < -0.39 is 0 Å². The Hall–Kier alpha value is -4.07. The average Bonchev–Trinajstić information content (AvgIpc) is 3.17. The van der Waals surface area contributed by atoms with Gasteiger partial charge in [0.25, 0.3) is 0 Å². The van der Waals surface area contributed by atoms with Gasteiger partial charge in [0.1, 0.15) is 11.5 Å². The highest BCUT2D eigenvalue weighted by Crippen LogP contribution is 2.30. The number of halogens is 1. The number of rotatable bonds is 5. The number of aliphatic imine (C=N–C) groups is 1. The maximum absolute atomic E-state index is 13.2. The predicted molar refractivity (Wildman–Crippen MR) is 125 cm³/mol. The van der Waals surface area contributed by atoms with Gasteiger partial charge in [0.15, 0.2) is 17.4 Å². The fourth-order valence-corrected chi connectivity index (χ4v) is 3.08. The molecule has 0 radical (unpaired) electrons. The zero-order valence-corrected chi connectivity index (χ0v) is 18.2. The van der Waals surface area contributed by atoms with E-state index >= 15 is 0 Å². The second-order valence-electron chi connectivity index (χ2n) is 6.66. The van der Waals surface area contributed by atoms with Gasteiger partial charge in [-0.2, -0.15) is 5.10 Å².